The molecule has 12 heavy (non-hydrogen) atoms. The zero-order valence-corrected chi connectivity index (χ0v) is 6.24. The number of aliphatic hydroxyl groups is 5. The Bertz CT molecular complexity index is 135. The summed E-state index contributed by atoms with van der Waals surface area (Å²) in [5, 5.41) is 45.1. The molecule has 5 N–H and O–H groups in total. The second-order valence-corrected chi connectivity index (χ2v) is 2.76. The molecule has 0 radical (unpaired) electrons. The molecule has 6 heteroatoms. The van der Waals surface area contributed by atoms with Crippen LogP contribution in [0.2, 0.25) is 0 Å². The van der Waals surface area contributed by atoms with Crippen molar-refractivity contribution < 1.29 is 30.3 Å². The fourth-order valence-corrected chi connectivity index (χ4v) is 0.993. The number of aliphatic hydroxyl groups excluding tert-OH is 5. The molecule has 1 heterocycles. The number of ether oxygens (including phenoxy) is 1. The van der Waals surface area contributed by atoms with Gasteiger partial charge in [0.15, 0.2) is 6.29 Å². The predicted molar refractivity (Wildman–Crippen MR) is 36.0 cm³/mol. The summed E-state index contributed by atoms with van der Waals surface area (Å²) in [6.45, 7) is -0.323. The molecule has 0 aromatic carbocycles. The van der Waals surface area contributed by atoms with Gasteiger partial charge in [-0.3, -0.25) is 0 Å². The molecule has 0 aromatic rings. The average molecular weight is 180 g/mol. The van der Waals surface area contributed by atoms with Crippen molar-refractivity contribution in [2.24, 2.45) is 0 Å². The molecule has 5 atom stereocenters. The first-order valence-corrected chi connectivity index (χ1v) is 3.56. The van der Waals surface area contributed by atoms with Crippen molar-refractivity contribution in [3.05, 3.63) is 0 Å². The van der Waals surface area contributed by atoms with Crippen molar-refractivity contribution in [3.8, 4) is 0 Å². The van der Waals surface area contributed by atoms with Crippen LogP contribution in [0.25, 0.3) is 0 Å². The lowest BCUT2D eigenvalue weighted by molar-refractivity contribution is -0.181. The van der Waals surface area contributed by atoms with E-state index in [2.05, 4.69) is 4.74 Å². The van der Waals surface area contributed by atoms with Crippen LogP contribution >= 0.6 is 0 Å². The first-order chi connectivity index (χ1) is 5.54. The van der Waals surface area contributed by atoms with Gasteiger partial charge in [0.25, 0.3) is 0 Å². The van der Waals surface area contributed by atoms with E-state index >= 15 is 0 Å². The van der Waals surface area contributed by atoms with Crippen molar-refractivity contribution in [2.45, 2.75) is 30.7 Å². The Hall–Kier alpha value is -0.240. The molecule has 0 aliphatic carbocycles. The minimum absolute atomic E-state index is 0.323. The van der Waals surface area contributed by atoms with Crippen LogP contribution < -0.4 is 0 Å². The van der Waals surface area contributed by atoms with Crippen LogP contribution in [0.3, 0.4) is 0 Å². The maximum absolute atomic E-state index is 9.07. The zero-order valence-electron chi connectivity index (χ0n) is 6.24. The smallest absolute Gasteiger partial charge is 0.183 e. The van der Waals surface area contributed by atoms with Gasteiger partial charge in [0.1, 0.15) is 24.4 Å². The van der Waals surface area contributed by atoms with E-state index in [1.54, 1.807) is 0 Å². The van der Waals surface area contributed by atoms with Gasteiger partial charge in [0.2, 0.25) is 0 Å². The fraction of sp³-hybridized carbons (Fsp3) is 1.00. The van der Waals surface area contributed by atoms with E-state index in [0.717, 1.165) is 0 Å². The van der Waals surface area contributed by atoms with Crippen molar-refractivity contribution in [1.29, 1.82) is 0 Å². The molecule has 0 saturated carbocycles. The van der Waals surface area contributed by atoms with Crippen LogP contribution in [-0.4, -0.2) is 62.8 Å². The van der Waals surface area contributed by atoms with Crippen molar-refractivity contribution in [2.75, 3.05) is 6.61 Å². The van der Waals surface area contributed by atoms with Crippen LogP contribution in [0.5, 0.6) is 0 Å². The first-order valence-electron chi connectivity index (χ1n) is 3.56. The SMILES string of the molecule is O[C@H]1[C@@H](O)[C@@H](O)CO[C@H](O)[C@@H]1O. The molecule has 1 aliphatic heterocycles. The molecule has 0 aromatic heterocycles. The van der Waals surface area contributed by atoms with Crippen molar-refractivity contribution in [1.82, 2.24) is 0 Å². The Balaban J connectivity index is 2.68. The van der Waals surface area contributed by atoms with E-state index in [9.17, 15) is 0 Å². The Labute approximate surface area is 68.6 Å². The van der Waals surface area contributed by atoms with Gasteiger partial charge < -0.3 is 30.3 Å². The van der Waals surface area contributed by atoms with E-state index in [-0.39, 0.29) is 6.61 Å². The van der Waals surface area contributed by atoms with Gasteiger partial charge in [0, 0.05) is 0 Å². The maximum Gasteiger partial charge on any atom is 0.183 e. The second-order valence-electron chi connectivity index (χ2n) is 2.76. The summed E-state index contributed by atoms with van der Waals surface area (Å²) in [6.07, 6.45) is -7.58. The van der Waals surface area contributed by atoms with Crippen LogP contribution in [0.4, 0.5) is 0 Å². The quantitative estimate of drug-likeness (QED) is 0.268. The summed E-state index contributed by atoms with van der Waals surface area (Å²) in [4.78, 5) is 0. The normalized spacial score (nSPS) is 50.2. The highest BCUT2D eigenvalue weighted by Gasteiger charge is 2.38. The molecule has 0 amide bonds. The lowest BCUT2D eigenvalue weighted by Gasteiger charge is -2.22. The Morgan fingerprint density at radius 3 is 2.00 bits per heavy atom. The monoisotopic (exact) mass is 180 g/mol. The Morgan fingerprint density at radius 2 is 1.42 bits per heavy atom. The summed E-state index contributed by atoms with van der Waals surface area (Å²) in [5.74, 6) is 0. The van der Waals surface area contributed by atoms with Gasteiger partial charge in [-0.25, -0.2) is 0 Å². The summed E-state index contributed by atoms with van der Waals surface area (Å²) < 4.78 is 4.50. The third-order valence-corrected chi connectivity index (χ3v) is 1.82. The average Bonchev–Trinajstić information content (AvgIpc) is 2.14. The summed E-state index contributed by atoms with van der Waals surface area (Å²) >= 11 is 0. The Morgan fingerprint density at radius 1 is 0.833 bits per heavy atom. The van der Waals surface area contributed by atoms with Gasteiger partial charge in [-0.2, -0.15) is 0 Å². The molecule has 1 saturated heterocycles. The molecule has 1 rings (SSSR count). The van der Waals surface area contributed by atoms with Crippen LogP contribution in [0.1, 0.15) is 0 Å². The molecule has 72 valence electrons. The van der Waals surface area contributed by atoms with Crippen LogP contribution in [0.15, 0.2) is 0 Å². The summed E-state index contributed by atoms with van der Waals surface area (Å²) in [5.41, 5.74) is 0. The minimum atomic E-state index is -1.60. The number of hydrogen-bond acceptors (Lipinski definition) is 6. The van der Waals surface area contributed by atoms with E-state index in [1.807, 2.05) is 0 Å². The van der Waals surface area contributed by atoms with Crippen molar-refractivity contribution >= 4 is 0 Å². The fourth-order valence-electron chi connectivity index (χ4n) is 0.993. The summed E-state index contributed by atoms with van der Waals surface area (Å²) in [7, 11) is 0. The molecule has 0 spiro atoms. The van der Waals surface area contributed by atoms with E-state index in [1.165, 1.54) is 0 Å². The zero-order chi connectivity index (χ0) is 9.30. The predicted octanol–water partition coefficient (Wildman–Crippen LogP) is -3.22. The van der Waals surface area contributed by atoms with Gasteiger partial charge in [-0.05, 0) is 0 Å². The van der Waals surface area contributed by atoms with Crippen molar-refractivity contribution in [3.63, 3.8) is 0 Å². The van der Waals surface area contributed by atoms with Gasteiger partial charge in [-0.1, -0.05) is 0 Å². The summed E-state index contributed by atoms with van der Waals surface area (Å²) in [6, 6.07) is 0. The third kappa shape index (κ3) is 1.74. The lowest BCUT2D eigenvalue weighted by atomic mass is 10.0. The first kappa shape index (κ1) is 9.85. The molecule has 1 fully saturated rings. The highest BCUT2D eigenvalue weighted by molar-refractivity contribution is 4.85. The standard InChI is InChI=1S/C6H12O6/c7-2-1-12-6(11)5(10)4(9)3(2)8/h2-11H,1H2/t2-,3-,4-,5+,6-/m0/s1. The molecular weight excluding hydrogens is 168 g/mol. The molecule has 1 aliphatic rings. The van der Waals surface area contributed by atoms with Gasteiger partial charge in [0.05, 0.1) is 6.61 Å². The third-order valence-electron chi connectivity index (χ3n) is 1.82. The largest absolute Gasteiger partial charge is 0.388 e. The second kappa shape index (κ2) is 3.65. The topological polar surface area (TPSA) is 110 Å². The van der Waals surface area contributed by atoms with E-state index in [4.69, 9.17) is 25.5 Å². The highest BCUT2D eigenvalue weighted by Crippen LogP contribution is 2.14. The minimum Gasteiger partial charge on any atom is -0.388 e. The van der Waals surface area contributed by atoms with Crippen LogP contribution in [0, 0.1) is 0 Å². The Kier molecular flexibility index (Phi) is 2.99. The lowest BCUT2D eigenvalue weighted by Crippen LogP contribution is -2.46. The number of hydrogen-bond donors (Lipinski definition) is 5. The maximum atomic E-state index is 9.07. The van der Waals surface area contributed by atoms with E-state index < -0.39 is 30.7 Å². The van der Waals surface area contributed by atoms with E-state index in [0.29, 0.717) is 0 Å². The van der Waals surface area contributed by atoms with Gasteiger partial charge >= 0.3 is 0 Å². The molecule has 0 unspecified atom stereocenters. The van der Waals surface area contributed by atoms with Crippen LogP contribution in [-0.2, 0) is 4.74 Å². The molecule has 6 nitrogen and oxygen atoms in total. The molecular formula is C6H12O6. The van der Waals surface area contributed by atoms with Gasteiger partial charge in [-0.15, -0.1) is 0 Å². The molecule has 0 bridgehead atoms. The highest BCUT2D eigenvalue weighted by atomic mass is 16.6. The number of rotatable bonds is 0.